The second-order valence-electron chi connectivity index (χ2n) is 11.6. The summed E-state index contributed by atoms with van der Waals surface area (Å²) in [5, 5.41) is 15.6. The molecule has 9 heteroatoms. The number of ether oxygens (including phenoxy) is 1. The van der Waals surface area contributed by atoms with Gasteiger partial charge in [-0.1, -0.05) is 50.0 Å². The number of carbonyl (C=O) groups is 2. The van der Waals surface area contributed by atoms with Gasteiger partial charge in [-0.25, -0.2) is 9.78 Å². The third-order valence-corrected chi connectivity index (χ3v) is 9.25. The minimum absolute atomic E-state index is 0.00944. The van der Waals surface area contributed by atoms with Crippen LogP contribution in [-0.2, 0) is 16.3 Å². The average molecular weight is 537 g/mol. The van der Waals surface area contributed by atoms with Crippen molar-refractivity contribution < 1.29 is 19.4 Å². The zero-order chi connectivity index (χ0) is 27.3. The highest BCUT2D eigenvalue weighted by Gasteiger charge is 2.30. The van der Waals surface area contributed by atoms with E-state index in [4.69, 9.17) is 9.84 Å². The van der Waals surface area contributed by atoms with Gasteiger partial charge in [-0.15, -0.1) is 0 Å². The van der Waals surface area contributed by atoms with Crippen molar-refractivity contribution in [2.24, 2.45) is 11.8 Å². The van der Waals surface area contributed by atoms with Gasteiger partial charge in [0.1, 0.15) is 12.4 Å². The first kappa shape index (κ1) is 27.9. The average Bonchev–Trinajstić information content (AvgIpc) is 3.26. The van der Waals surface area contributed by atoms with Crippen LogP contribution in [0.2, 0.25) is 25.7 Å². The monoisotopic (exact) mass is 536 g/mol. The number of hydrogen-bond acceptors (Lipinski definition) is 4. The van der Waals surface area contributed by atoms with Gasteiger partial charge in [0.15, 0.2) is 0 Å². The number of carbonyl (C=O) groups excluding carboxylic acids is 1. The van der Waals surface area contributed by atoms with Crippen molar-refractivity contribution in [2.75, 3.05) is 11.9 Å². The number of nitrogens with zero attached hydrogens (tertiary/aromatic N) is 2. The number of aromatic nitrogens is 2. The van der Waals surface area contributed by atoms with Crippen molar-refractivity contribution in [3.8, 4) is 11.3 Å². The van der Waals surface area contributed by atoms with E-state index in [1.54, 1.807) is 6.20 Å². The number of amides is 2. The zero-order valence-corrected chi connectivity index (χ0v) is 23.9. The molecule has 0 spiro atoms. The summed E-state index contributed by atoms with van der Waals surface area (Å²) in [7, 11) is -1.20. The number of hydrogen-bond donors (Lipinski definition) is 3. The highest BCUT2D eigenvalue weighted by atomic mass is 28.3. The maximum absolute atomic E-state index is 13.3. The number of carboxylic acid groups (broad SMARTS) is 1. The first-order valence-corrected chi connectivity index (χ1v) is 17.2. The van der Waals surface area contributed by atoms with Gasteiger partial charge in [-0.05, 0) is 62.3 Å². The Balaban J connectivity index is 1.52. The number of fused-ring (bicyclic) bond motifs is 1. The molecule has 2 aromatic heterocycles. The maximum Gasteiger partial charge on any atom is 0.404 e. The Bertz CT molecular complexity index is 1250. The van der Waals surface area contributed by atoms with Crippen molar-refractivity contribution in [1.82, 2.24) is 14.9 Å². The largest absolute Gasteiger partial charge is 0.465 e. The highest BCUT2D eigenvalue weighted by Crippen LogP contribution is 2.34. The van der Waals surface area contributed by atoms with Crippen LogP contribution < -0.4 is 10.6 Å². The molecule has 1 saturated carbocycles. The normalized spacial score (nSPS) is 18.7. The summed E-state index contributed by atoms with van der Waals surface area (Å²) in [6, 6.07) is 15.1. The first-order valence-electron chi connectivity index (χ1n) is 13.5. The Morgan fingerprint density at radius 1 is 1.13 bits per heavy atom. The topological polar surface area (TPSA) is 105 Å². The van der Waals surface area contributed by atoms with Gasteiger partial charge in [0, 0.05) is 38.2 Å². The second kappa shape index (κ2) is 12.1. The molecule has 0 aliphatic heterocycles. The Morgan fingerprint density at radius 3 is 2.50 bits per heavy atom. The molecule has 1 unspecified atom stereocenters. The molecule has 1 aliphatic rings. The summed E-state index contributed by atoms with van der Waals surface area (Å²) in [6.45, 7) is 10.0. The molecule has 3 N–H and O–H groups in total. The predicted molar refractivity (Wildman–Crippen MR) is 154 cm³/mol. The van der Waals surface area contributed by atoms with E-state index in [9.17, 15) is 9.59 Å². The smallest absolute Gasteiger partial charge is 0.404 e. The van der Waals surface area contributed by atoms with E-state index in [1.165, 1.54) is 0 Å². The van der Waals surface area contributed by atoms with Crippen molar-refractivity contribution >= 4 is 36.8 Å². The molecule has 1 fully saturated rings. The van der Waals surface area contributed by atoms with Gasteiger partial charge in [0.05, 0.1) is 11.4 Å². The fourth-order valence-corrected chi connectivity index (χ4v) is 5.96. The summed E-state index contributed by atoms with van der Waals surface area (Å²) >= 11 is 0. The SMILES string of the molecule is CC(NC(=O)O)[C@H]1CC[C@H](C(=O)Nc2ccnc3c2cc(-c2ccccc2)n3COCC[Si](C)(C)C)CC1. The molecular weight excluding hydrogens is 496 g/mol. The van der Waals surface area contributed by atoms with E-state index in [0.717, 1.165) is 59.7 Å². The van der Waals surface area contributed by atoms with Crippen molar-refractivity contribution in [3.05, 3.63) is 48.7 Å². The van der Waals surface area contributed by atoms with Gasteiger partial charge in [0.25, 0.3) is 0 Å². The van der Waals surface area contributed by atoms with Crippen LogP contribution in [0, 0.1) is 11.8 Å². The Kier molecular flexibility index (Phi) is 8.89. The third-order valence-electron chi connectivity index (χ3n) is 7.54. The molecular formula is C29H40N4O4Si. The van der Waals surface area contributed by atoms with Crippen LogP contribution >= 0.6 is 0 Å². The summed E-state index contributed by atoms with van der Waals surface area (Å²) in [5.41, 5.74) is 3.61. The maximum atomic E-state index is 13.3. The molecule has 4 rings (SSSR count). The molecule has 38 heavy (non-hydrogen) atoms. The summed E-state index contributed by atoms with van der Waals surface area (Å²) in [5.74, 6) is 0.174. The summed E-state index contributed by atoms with van der Waals surface area (Å²) < 4.78 is 8.21. The minimum atomic E-state index is -1.20. The van der Waals surface area contributed by atoms with E-state index < -0.39 is 14.2 Å². The van der Waals surface area contributed by atoms with Crippen LogP contribution in [0.1, 0.15) is 32.6 Å². The van der Waals surface area contributed by atoms with Crippen LogP contribution in [-0.4, -0.2) is 47.4 Å². The van der Waals surface area contributed by atoms with E-state index in [-0.39, 0.29) is 23.8 Å². The Morgan fingerprint density at radius 2 is 1.84 bits per heavy atom. The van der Waals surface area contributed by atoms with Crippen LogP contribution in [0.3, 0.4) is 0 Å². The highest BCUT2D eigenvalue weighted by molar-refractivity contribution is 6.76. The number of nitrogens with one attached hydrogen (secondary N) is 2. The number of benzene rings is 1. The third kappa shape index (κ3) is 7.02. The lowest BCUT2D eigenvalue weighted by molar-refractivity contribution is -0.121. The lowest BCUT2D eigenvalue weighted by Gasteiger charge is -2.31. The van der Waals surface area contributed by atoms with Crippen LogP contribution in [0.25, 0.3) is 22.3 Å². The second-order valence-corrected chi connectivity index (χ2v) is 17.2. The molecule has 0 bridgehead atoms. The van der Waals surface area contributed by atoms with Crippen LogP contribution in [0.4, 0.5) is 10.5 Å². The van der Waals surface area contributed by atoms with E-state index in [2.05, 4.69) is 58.0 Å². The van der Waals surface area contributed by atoms with E-state index in [0.29, 0.717) is 13.3 Å². The van der Waals surface area contributed by atoms with Crippen molar-refractivity contribution in [2.45, 2.75) is 71.1 Å². The molecule has 1 atom stereocenters. The molecule has 8 nitrogen and oxygen atoms in total. The van der Waals surface area contributed by atoms with Crippen molar-refractivity contribution in [3.63, 3.8) is 0 Å². The number of anilines is 1. The standard InChI is InChI=1S/C29H40N4O4Si/c1-20(31-29(35)36)21-10-12-23(13-11-21)28(34)32-25-14-15-30-27-24(25)18-26(22-8-6-5-7-9-22)33(27)19-37-16-17-38(2,3)4/h5-9,14-15,18,20-21,23,31H,10-13,16-17,19H2,1-4H3,(H,35,36)(H,30,32,34)/t20?,21-,23-. The quantitative estimate of drug-likeness (QED) is 0.205. The molecule has 0 radical (unpaired) electrons. The van der Waals surface area contributed by atoms with E-state index in [1.807, 2.05) is 31.2 Å². The minimum Gasteiger partial charge on any atom is -0.465 e. The fraction of sp³-hybridized carbons (Fsp3) is 0.483. The van der Waals surface area contributed by atoms with Crippen LogP contribution in [0.15, 0.2) is 48.7 Å². The number of pyridine rings is 1. The van der Waals surface area contributed by atoms with Crippen LogP contribution in [0.5, 0.6) is 0 Å². The Hall–Kier alpha value is -3.17. The lowest BCUT2D eigenvalue weighted by atomic mass is 9.78. The molecule has 2 heterocycles. The molecule has 204 valence electrons. The van der Waals surface area contributed by atoms with Gasteiger partial charge in [-0.2, -0.15) is 0 Å². The fourth-order valence-electron chi connectivity index (χ4n) is 5.20. The molecule has 3 aromatic rings. The van der Waals surface area contributed by atoms with Crippen molar-refractivity contribution in [1.29, 1.82) is 0 Å². The first-order chi connectivity index (χ1) is 18.1. The molecule has 1 aromatic carbocycles. The predicted octanol–water partition coefficient (Wildman–Crippen LogP) is 6.42. The van der Waals surface area contributed by atoms with Gasteiger partial charge < -0.3 is 25.0 Å². The zero-order valence-electron chi connectivity index (χ0n) is 22.9. The number of rotatable bonds is 10. The summed E-state index contributed by atoms with van der Waals surface area (Å²) in [4.78, 5) is 28.9. The lowest BCUT2D eigenvalue weighted by Crippen LogP contribution is -2.39. The molecule has 1 aliphatic carbocycles. The Labute approximate surface area is 225 Å². The van der Waals surface area contributed by atoms with Gasteiger partial charge in [0.2, 0.25) is 5.91 Å². The molecule has 2 amide bonds. The van der Waals surface area contributed by atoms with Gasteiger partial charge >= 0.3 is 6.09 Å². The van der Waals surface area contributed by atoms with Gasteiger partial charge in [-0.3, -0.25) is 4.79 Å². The van der Waals surface area contributed by atoms with E-state index >= 15 is 0 Å². The summed E-state index contributed by atoms with van der Waals surface area (Å²) in [6.07, 6.45) is 3.89. The molecule has 0 saturated heterocycles.